The van der Waals surface area contributed by atoms with Gasteiger partial charge in [-0.05, 0) is 0 Å². The zero-order chi connectivity index (χ0) is 18.5. The number of amides is 1. The standard InChI is InChI=1S/C16H17NO5.2Ni/c1-6-11(7-2)14(18)17-13(16(20)21-5)10-22-15(19)12(8-3)9-4;;/h1,3,6-9,13H,2,4,10H2,5H3,(H,17,18);;/b11-6+,12-8+;;/t13-;;/m0../s1. The van der Waals surface area contributed by atoms with Crippen molar-refractivity contribution in [3.05, 3.63) is 48.6 Å². The number of carbonyl (C=O) groups is 3. The van der Waals surface area contributed by atoms with Gasteiger partial charge in [0.05, 0.1) is 0 Å². The molecule has 0 unspecified atom stereocenters. The fourth-order valence-corrected chi connectivity index (χ4v) is 1.72. The van der Waals surface area contributed by atoms with Gasteiger partial charge in [0.25, 0.3) is 0 Å². The average molecular weight is 421 g/mol. The third-order valence-corrected chi connectivity index (χ3v) is 2.90. The van der Waals surface area contributed by atoms with Crippen LogP contribution in [0.2, 0.25) is 0 Å². The number of methoxy groups -OCH3 is 1. The summed E-state index contributed by atoms with van der Waals surface area (Å²) in [5, 5.41) is 2.38. The van der Waals surface area contributed by atoms with Gasteiger partial charge in [-0.3, -0.25) is 0 Å². The van der Waals surface area contributed by atoms with Crippen molar-refractivity contribution in [2.75, 3.05) is 13.7 Å². The zero-order valence-electron chi connectivity index (χ0n) is 12.8. The Bertz CT molecular complexity index is 608. The Hall–Kier alpha value is -1.90. The molecule has 0 radical (unpaired) electrons. The number of ether oxygens (including phenoxy) is 2. The average Bonchev–Trinajstić information content (AvgIpc) is 2.59. The van der Waals surface area contributed by atoms with E-state index in [1.54, 1.807) is 0 Å². The number of carbonyl (C=O) groups excluding carboxylic acids is 3. The molecule has 1 N–H and O–H groups in total. The van der Waals surface area contributed by atoms with Crippen LogP contribution in [0.1, 0.15) is 0 Å². The van der Waals surface area contributed by atoms with Crippen molar-refractivity contribution in [1.29, 1.82) is 0 Å². The van der Waals surface area contributed by atoms with Crippen LogP contribution in [-0.2, 0) is 53.9 Å². The second kappa shape index (κ2) is 12.5. The molecule has 0 bridgehead atoms. The second-order valence-corrected chi connectivity index (χ2v) is 4.67. The topological polar surface area (TPSA) is 81.7 Å². The van der Waals surface area contributed by atoms with E-state index < -0.39 is 30.5 Å². The molecule has 0 aromatic heterocycles. The van der Waals surface area contributed by atoms with Gasteiger partial charge < -0.3 is 0 Å². The maximum absolute atomic E-state index is 12.0. The molecule has 0 rings (SSSR count). The van der Waals surface area contributed by atoms with Gasteiger partial charge in [0.15, 0.2) is 0 Å². The molecule has 8 heteroatoms. The van der Waals surface area contributed by atoms with E-state index >= 15 is 0 Å². The molecule has 0 aromatic rings. The van der Waals surface area contributed by atoms with Crippen LogP contribution in [0.5, 0.6) is 0 Å². The summed E-state index contributed by atoms with van der Waals surface area (Å²) in [6.07, 6.45) is 5.26. The first kappa shape index (κ1) is 22.1. The summed E-state index contributed by atoms with van der Waals surface area (Å²) in [7, 11) is 1.15. The third-order valence-electron chi connectivity index (χ3n) is 2.57. The molecule has 1 atom stereocenters. The van der Waals surface area contributed by atoms with Crippen molar-refractivity contribution in [3.8, 4) is 0 Å². The number of esters is 2. The van der Waals surface area contributed by atoms with Crippen LogP contribution in [0, 0.1) is 0 Å². The summed E-state index contributed by atoms with van der Waals surface area (Å²) in [6.45, 7) is 6.52. The molecule has 0 fully saturated rings. The molecule has 24 heavy (non-hydrogen) atoms. The van der Waals surface area contributed by atoms with Gasteiger partial charge in [-0.2, -0.15) is 0 Å². The van der Waals surface area contributed by atoms with Crippen molar-refractivity contribution < 1.29 is 53.9 Å². The predicted octanol–water partition coefficient (Wildman–Crippen LogP) is 0.110. The summed E-state index contributed by atoms with van der Waals surface area (Å²) in [6, 6.07) is -1.19. The fraction of sp³-hybridized carbons (Fsp3) is 0.188. The number of rotatable bonds is 10. The van der Waals surface area contributed by atoms with Gasteiger partial charge in [-0.25, -0.2) is 0 Å². The van der Waals surface area contributed by atoms with Crippen molar-refractivity contribution in [1.82, 2.24) is 5.32 Å². The fourth-order valence-electron chi connectivity index (χ4n) is 1.36. The molecule has 0 saturated carbocycles. The van der Waals surface area contributed by atoms with E-state index in [9.17, 15) is 14.4 Å². The minimum atomic E-state index is -1.19. The minimum absolute atomic E-state index is 0.130. The summed E-state index contributed by atoms with van der Waals surface area (Å²) in [5.41, 5.74) is 0.292. The van der Waals surface area contributed by atoms with Crippen LogP contribution in [0.4, 0.5) is 0 Å². The zero-order valence-corrected chi connectivity index (χ0v) is 14.8. The second-order valence-electron chi connectivity index (χ2n) is 4.01. The first-order valence-corrected chi connectivity index (χ1v) is 7.60. The van der Waals surface area contributed by atoms with Crippen LogP contribution in [0.15, 0.2) is 48.6 Å². The summed E-state index contributed by atoms with van der Waals surface area (Å²) < 4.78 is 9.56. The quantitative estimate of drug-likeness (QED) is 0.235. The normalized spacial score (nSPS) is 12.5. The van der Waals surface area contributed by atoms with E-state index in [4.69, 9.17) is 4.74 Å². The van der Waals surface area contributed by atoms with Gasteiger partial charge >= 0.3 is 155 Å². The van der Waals surface area contributed by atoms with E-state index in [1.165, 1.54) is 34.3 Å². The van der Waals surface area contributed by atoms with Gasteiger partial charge in [0.2, 0.25) is 0 Å². The molecule has 136 valence electrons. The van der Waals surface area contributed by atoms with Crippen LogP contribution < -0.4 is 5.32 Å². The Balaban J connectivity index is 5.07. The molecule has 0 aliphatic rings. The molecule has 0 saturated heterocycles. The van der Waals surface area contributed by atoms with Crippen molar-refractivity contribution in [3.63, 3.8) is 0 Å². The van der Waals surface area contributed by atoms with E-state index in [1.807, 2.05) is 0 Å². The van der Waals surface area contributed by atoms with Crippen LogP contribution in [0.3, 0.4) is 0 Å². The van der Waals surface area contributed by atoms with Gasteiger partial charge in [0.1, 0.15) is 0 Å². The Morgan fingerprint density at radius 3 is 2.08 bits per heavy atom. The molecule has 0 spiro atoms. The summed E-state index contributed by atoms with van der Waals surface area (Å²) in [5.74, 6) is -2.11. The number of nitrogens with one attached hydrogen (secondary N) is 1. The number of allylic oxidation sites excluding steroid dienone is 2. The Morgan fingerprint density at radius 1 is 1.08 bits per heavy atom. The SMILES string of the molecule is C=C/C(=C\[CH]=[Ni])C(=O)N[C@@H](COC(=O)/C(C=C)=C/[CH]=[Ni])C(=O)OC. The van der Waals surface area contributed by atoms with Gasteiger partial charge in [0, 0.05) is 0 Å². The molecule has 0 heterocycles. The molecule has 6 nitrogen and oxygen atoms in total. The number of hydrogen-bond donors (Lipinski definition) is 1. The van der Waals surface area contributed by atoms with E-state index in [-0.39, 0.29) is 11.1 Å². The summed E-state index contributed by atoms with van der Waals surface area (Å²) >= 11 is 8.68. The monoisotopic (exact) mass is 419 g/mol. The van der Waals surface area contributed by atoms with Crippen LogP contribution in [-0.4, -0.2) is 47.6 Å². The Morgan fingerprint density at radius 2 is 1.62 bits per heavy atom. The van der Waals surface area contributed by atoms with Crippen LogP contribution >= 0.6 is 0 Å². The maximum atomic E-state index is 12.0. The summed E-state index contributed by atoms with van der Waals surface area (Å²) in [4.78, 5) is 38.1. The van der Waals surface area contributed by atoms with E-state index in [2.05, 4.69) is 53.3 Å². The predicted molar refractivity (Wildman–Crippen MR) is 83.6 cm³/mol. The van der Waals surface area contributed by atoms with Crippen molar-refractivity contribution >= 4 is 27.8 Å². The first-order chi connectivity index (χ1) is 11.4. The molecular formula is C16H17NNi2O5. The third kappa shape index (κ3) is 7.58. The van der Waals surface area contributed by atoms with E-state index in [0.29, 0.717) is 0 Å². The van der Waals surface area contributed by atoms with Gasteiger partial charge in [-0.15, -0.1) is 0 Å². The van der Waals surface area contributed by atoms with Crippen molar-refractivity contribution in [2.45, 2.75) is 6.04 Å². The first-order valence-electron chi connectivity index (χ1n) is 6.46. The van der Waals surface area contributed by atoms with Gasteiger partial charge in [-0.1, -0.05) is 0 Å². The molecular weight excluding hydrogens is 404 g/mol. The molecule has 1 amide bonds. The van der Waals surface area contributed by atoms with Crippen LogP contribution in [0.25, 0.3) is 0 Å². The molecule has 0 aliphatic carbocycles. The number of hydrogen-bond acceptors (Lipinski definition) is 5. The molecule has 0 aliphatic heterocycles. The van der Waals surface area contributed by atoms with E-state index in [0.717, 1.165) is 7.11 Å². The van der Waals surface area contributed by atoms with Crippen molar-refractivity contribution in [2.24, 2.45) is 0 Å². The Labute approximate surface area is 155 Å². The molecule has 0 aromatic carbocycles. The Kier molecular flexibility index (Phi) is 11.5.